The maximum atomic E-state index is 12.1. The van der Waals surface area contributed by atoms with Crippen molar-refractivity contribution < 1.29 is 14.6 Å². The van der Waals surface area contributed by atoms with E-state index in [9.17, 15) is 14.9 Å². The topological polar surface area (TPSA) is 84.7 Å². The molecule has 0 amide bonds. The van der Waals surface area contributed by atoms with Gasteiger partial charge >= 0.3 is 5.70 Å². The molecule has 0 unspecified atom stereocenters. The van der Waals surface area contributed by atoms with Crippen LogP contribution in [0.2, 0.25) is 0 Å². The Labute approximate surface area is 166 Å². The maximum Gasteiger partial charge on any atom is 0.301 e. The van der Waals surface area contributed by atoms with Gasteiger partial charge in [-0.1, -0.05) is 51.1 Å². The lowest BCUT2D eigenvalue weighted by atomic mass is 9.73. The molecule has 7 nitrogen and oxygen atoms in total. The number of carbonyl (C=O) groups is 1. The van der Waals surface area contributed by atoms with Crippen molar-refractivity contribution >= 4 is 5.78 Å². The second-order valence-electron chi connectivity index (χ2n) is 7.28. The molecule has 1 aliphatic carbocycles. The zero-order valence-electron chi connectivity index (χ0n) is 17.2. The molecule has 3 rings (SSSR count). The van der Waals surface area contributed by atoms with Gasteiger partial charge in [0.05, 0.1) is 4.92 Å². The van der Waals surface area contributed by atoms with Crippen LogP contribution in [0.25, 0.3) is 0 Å². The molecule has 1 aliphatic heterocycles. The van der Waals surface area contributed by atoms with Crippen molar-refractivity contribution in [3.05, 3.63) is 57.4 Å². The van der Waals surface area contributed by atoms with Crippen molar-refractivity contribution in [2.75, 3.05) is 19.6 Å². The SMILES string of the molecule is CC1=C([N+](=O)[O-])[C@@]2(CC(=O)C[C@H](c3ccccc3)C2)ON1.CCN(CC)CC. The minimum atomic E-state index is -1.15. The molecular weight excluding hydrogens is 358 g/mol. The number of nitrogens with one attached hydrogen (secondary N) is 1. The number of hydroxylamine groups is 1. The van der Waals surface area contributed by atoms with Crippen LogP contribution in [0.1, 0.15) is 58.4 Å². The van der Waals surface area contributed by atoms with Gasteiger partial charge in [-0.05, 0) is 44.5 Å². The summed E-state index contributed by atoms with van der Waals surface area (Å²) >= 11 is 0. The van der Waals surface area contributed by atoms with Gasteiger partial charge in [-0.15, -0.1) is 0 Å². The molecule has 2 atom stereocenters. The third-order valence-corrected chi connectivity index (χ3v) is 5.51. The van der Waals surface area contributed by atoms with Crippen LogP contribution < -0.4 is 5.48 Å². The molecular formula is C21H31N3O4. The maximum absolute atomic E-state index is 12.1. The normalized spacial score (nSPS) is 24.2. The van der Waals surface area contributed by atoms with E-state index in [1.54, 1.807) is 6.92 Å². The number of carbonyl (C=O) groups excluding carboxylic acids is 1. The van der Waals surface area contributed by atoms with Crippen molar-refractivity contribution in [3.8, 4) is 0 Å². The molecule has 0 bridgehead atoms. The monoisotopic (exact) mass is 389 g/mol. The van der Waals surface area contributed by atoms with Crippen LogP contribution in [0, 0.1) is 10.1 Å². The Morgan fingerprint density at radius 1 is 1.21 bits per heavy atom. The van der Waals surface area contributed by atoms with Crippen LogP contribution in [0.3, 0.4) is 0 Å². The number of hydrogen-bond donors (Lipinski definition) is 1. The number of hydrogen-bond acceptors (Lipinski definition) is 6. The summed E-state index contributed by atoms with van der Waals surface area (Å²) in [4.78, 5) is 30.9. The summed E-state index contributed by atoms with van der Waals surface area (Å²) in [5, 5.41) is 11.4. The molecule has 2 aliphatic rings. The average molecular weight is 389 g/mol. The summed E-state index contributed by atoms with van der Waals surface area (Å²) in [6, 6.07) is 9.61. The van der Waals surface area contributed by atoms with Gasteiger partial charge in [-0.3, -0.25) is 25.2 Å². The average Bonchev–Trinajstić information content (AvgIpc) is 2.99. The van der Waals surface area contributed by atoms with Crippen molar-refractivity contribution in [3.63, 3.8) is 0 Å². The molecule has 0 saturated heterocycles. The molecule has 1 heterocycles. The zero-order chi connectivity index (χ0) is 20.7. The van der Waals surface area contributed by atoms with Gasteiger partial charge in [0.25, 0.3) is 0 Å². The predicted octanol–water partition coefficient (Wildman–Crippen LogP) is 3.65. The first-order chi connectivity index (χ1) is 13.4. The molecule has 0 aromatic heterocycles. The van der Waals surface area contributed by atoms with E-state index in [1.807, 2.05) is 30.3 Å². The van der Waals surface area contributed by atoms with Gasteiger partial charge in [0.1, 0.15) is 11.5 Å². The molecule has 1 saturated carbocycles. The van der Waals surface area contributed by atoms with Crippen LogP contribution in [0.4, 0.5) is 0 Å². The molecule has 1 N–H and O–H groups in total. The third-order valence-electron chi connectivity index (χ3n) is 5.51. The minimum absolute atomic E-state index is 0.00838. The van der Waals surface area contributed by atoms with Crippen molar-refractivity contribution in [2.24, 2.45) is 0 Å². The Hall–Kier alpha value is -2.25. The molecule has 0 radical (unpaired) electrons. The smallest absolute Gasteiger partial charge is 0.301 e. The minimum Gasteiger partial charge on any atom is -0.304 e. The van der Waals surface area contributed by atoms with Crippen molar-refractivity contribution in [1.82, 2.24) is 10.4 Å². The predicted molar refractivity (Wildman–Crippen MR) is 108 cm³/mol. The number of nitro groups is 1. The molecule has 1 fully saturated rings. The number of Topliss-reactive ketones (excluding diaryl/α,β-unsaturated/α-hetero) is 1. The van der Waals surface area contributed by atoms with E-state index in [4.69, 9.17) is 4.84 Å². The molecule has 1 aromatic rings. The van der Waals surface area contributed by atoms with Crippen LogP contribution in [-0.4, -0.2) is 40.8 Å². The van der Waals surface area contributed by atoms with Gasteiger partial charge < -0.3 is 4.90 Å². The molecule has 1 spiro atoms. The zero-order valence-corrected chi connectivity index (χ0v) is 17.2. The van der Waals surface area contributed by atoms with Crippen molar-refractivity contribution in [2.45, 2.75) is 58.5 Å². The van der Waals surface area contributed by atoms with Gasteiger partial charge in [0.15, 0.2) is 5.60 Å². The lowest BCUT2D eigenvalue weighted by Crippen LogP contribution is -2.43. The highest BCUT2D eigenvalue weighted by Crippen LogP contribution is 2.45. The van der Waals surface area contributed by atoms with Crippen LogP contribution in [0.5, 0.6) is 0 Å². The molecule has 7 heteroatoms. The molecule has 154 valence electrons. The summed E-state index contributed by atoms with van der Waals surface area (Å²) in [5.74, 6) is -0.0685. The fourth-order valence-electron chi connectivity index (χ4n) is 4.01. The Bertz CT molecular complexity index is 710. The summed E-state index contributed by atoms with van der Waals surface area (Å²) in [5.41, 5.74) is 2.81. The summed E-state index contributed by atoms with van der Waals surface area (Å²) in [6.45, 7) is 11.7. The van der Waals surface area contributed by atoms with Crippen molar-refractivity contribution in [1.29, 1.82) is 0 Å². The standard InChI is InChI=1S/C15H16N2O4.C6H15N/c1-10-14(17(19)20)15(21-16-10)8-12(7-13(18)9-15)11-5-3-2-4-6-11;1-4-7(5-2)6-3/h2-6,12,16H,7-9H2,1H3;4-6H2,1-3H3/t12-,15+;/m0./s1. The quantitative estimate of drug-likeness (QED) is 0.611. The first-order valence-electron chi connectivity index (χ1n) is 9.95. The van der Waals surface area contributed by atoms with Crippen LogP contribution in [-0.2, 0) is 9.63 Å². The number of ketones is 1. The number of allylic oxidation sites excluding steroid dienone is 1. The third kappa shape index (κ3) is 4.97. The van der Waals surface area contributed by atoms with Gasteiger partial charge in [-0.2, -0.15) is 0 Å². The number of benzene rings is 1. The van der Waals surface area contributed by atoms with E-state index < -0.39 is 10.5 Å². The summed E-state index contributed by atoms with van der Waals surface area (Å²) in [6.07, 6.45) is 0.888. The van der Waals surface area contributed by atoms with Crippen LogP contribution in [0.15, 0.2) is 41.7 Å². The van der Waals surface area contributed by atoms with Gasteiger partial charge in [-0.25, -0.2) is 0 Å². The number of nitrogens with zero attached hydrogens (tertiary/aromatic N) is 2. The highest BCUT2D eigenvalue weighted by molar-refractivity contribution is 5.82. The molecule has 28 heavy (non-hydrogen) atoms. The van der Waals surface area contributed by atoms with E-state index in [2.05, 4.69) is 31.2 Å². The largest absolute Gasteiger partial charge is 0.304 e. The van der Waals surface area contributed by atoms with E-state index in [0.29, 0.717) is 18.5 Å². The Morgan fingerprint density at radius 3 is 2.32 bits per heavy atom. The first-order valence-corrected chi connectivity index (χ1v) is 9.95. The highest BCUT2D eigenvalue weighted by Gasteiger charge is 2.55. The fourth-order valence-corrected chi connectivity index (χ4v) is 4.01. The summed E-state index contributed by atoms with van der Waals surface area (Å²) < 4.78 is 0. The second kappa shape index (κ2) is 9.80. The van der Waals surface area contributed by atoms with E-state index in [1.165, 1.54) is 19.6 Å². The lowest BCUT2D eigenvalue weighted by molar-refractivity contribution is -0.443. The van der Waals surface area contributed by atoms with Crippen LogP contribution >= 0.6 is 0 Å². The highest BCUT2D eigenvalue weighted by atomic mass is 16.7. The molecule has 1 aromatic carbocycles. The lowest BCUT2D eigenvalue weighted by Gasteiger charge is -2.33. The Balaban J connectivity index is 0.000000345. The van der Waals surface area contributed by atoms with E-state index >= 15 is 0 Å². The van der Waals surface area contributed by atoms with E-state index in [-0.39, 0.29) is 23.8 Å². The number of rotatable bonds is 5. The fraction of sp³-hybridized carbons (Fsp3) is 0.571. The first kappa shape index (κ1) is 22.0. The second-order valence-corrected chi connectivity index (χ2v) is 7.28. The Kier molecular flexibility index (Phi) is 7.71. The van der Waals surface area contributed by atoms with E-state index in [0.717, 1.165) is 5.56 Å². The van der Waals surface area contributed by atoms with Gasteiger partial charge in [0.2, 0.25) is 0 Å². The Morgan fingerprint density at radius 2 is 1.82 bits per heavy atom. The summed E-state index contributed by atoms with van der Waals surface area (Å²) in [7, 11) is 0. The van der Waals surface area contributed by atoms with Gasteiger partial charge in [0, 0.05) is 12.8 Å².